The third kappa shape index (κ3) is 4.57. The van der Waals surface area contributed by atoms with Crippen molar-refractivity contribution in [2.24, 2.45) is 5.92 Å². The van der Waals surface area contributed by atoms with Crippen LogP contribution in [-0.4, -0.2) is 52.8 Å². The number of carboxylic acid groups (broad SMARTS) is 1. The van der Waals surface area contributed by atoms with E-state index in [0.717, 1.165) is 25.9 Å². The zero-order valence-corrected chi connectivity index (χ0v) is 15.0. The first-order valence-electron chi connectivity index (χ1n) is 8.78. The number of pyridine rings is 1. The Labute approximate surface area is 157 Å². The number of Topliss-reactive ketones (excluding diaryl/α,β-unsaturated/α-hetero) is 1. The SMILES string of the molecule is CN1CCC(C(=O)c2cccc(NC(=O)c3ccc(C(=O)O)cc3)n2)CC1. The first kappa shape index (κ1) is 18.7. The van der Waals surface area contributed by atoms with Crippen LogP contribution in [-0.2, 0) is 0 Å². The Bertz CT molecular complexity index is 856. The minimum atomic E-state index is -1.05. The van der Waals surface area contributed by atoms with Gasteiger partial charge in [0.1, 0.15) is 11.5 Å². The van der Waals surface area contributed by atoms with Crippen molar-refractivity contribution in [2.75, 3.05) is 25.5 Å². The normalized spacial score (nSPS) is 15.3. The van der Waals surface area contributed by atoms with E-state index in [1.54, 1.807) is 18.2 Å². The van der Waals surface area contributed by atoms with Crippen molar-refractivity contribution in [2.45, 2.75) is 12.8 Å². The number of carbonyl (C=O) groups excluding carboxylic acids is 2. The molecule has 0 spiro atoms. The van der Waals surface area contributed by atoms with Crippen molar-refractivity contribution >= 4 is 23.5 Å². The van der Waals surface area contributed by atoms with Gasteiger partial charge in [0.2, 0.25) is 0 Å². The highest BCUT2D eigenvalue weighted by atomic mass is 16.4. The molecule has 0 saturated carbocycles. The summed E-state index contributed by atoms with van der Waals surface area (Å²) in [6.45, 7) is 1.78. The number of amides is 1. The molecule has 1 aromatic heterocycles. The molecule has 0 radical (unpaired) electrons. The van der Waals surface area contributed by atoms with Crippen LogP contribution in [0.2, 0.25) is 0 Å². The Morgan fingerprint density at radius 1 is 1.04 bits per heavy atom. The molecule has 1 aliphatic heterocycles. The number of nitrogens with zero attached hydrogens (tertiary/aromatic N) is 2. The van der Waals surface area contributed by atoms with Crippen LogP contribution in [0.1, 0.15) is 44.0 Å². The van der Waals surface area contributed by atoms with E-state index in [4.69, 9.17) is 5.11 Å². The van der Waals surface area contributed by atoms with E-state index < -0.39 is 11.9 Å². The van der Waals surface area contributed by atoms with Crippen LogP contribution in [0.5, 0.6) is 0 Å². The predicted molar refractivity (Wildman–Crippen MR) is 100 cm³/mol. The van der Waals surface area contributed by atoms with Crippen LogP contribution in [0.25, 0.3) is 0 Å². The molecule has 2 N–H and O–H groups in total. The third-order valence-corrected chi connectivity index (χ3v) is 4.73. The number of piperidine rings is 1. The van der Waals surface area contributed by atoms with E-state index in [-0.39, 0.29) is 17.3 Å². The van der Waals surface area contributed by atoms with E-state index in [2.05, 4.69) is 15.2 Å². The highest BCUT2D eigenvalue weighted by Crippen LogP contribution is 2.21. The topological polar surface area (TPSA) is 99.6 Å². The number of carbonyl (C=O) groups is 3. The summed E-state index contributed by atoms with van der Waals surface area (Å²) >= 11 is 0. The summed E-state index contributed by atoms with van der Waals surface area (Å²) in [5.41, 5.74) is 0.771. The van der Waals surface area contributed by atoms with Gasteiger partial charge in [0.25, 0.3) is 5.91 Å². The number of likely N-dealkylation sites (tertiary alicyclic amines) is 1. The fraction of sp³-hybridized carbons (Fsp3) is 0.300. The van der Waals surface area contributed by atoms with Gasteiger partial charge in [-0.25, -0.2) is 9.78 Å². The lowest BCUT2D eigenvalue weighted by atomic mass is 9.91. The Balaban J connectivity index is 1.69. The summed E-state index contributed by atoms with van der Waals surface area (Å²) in [6, 6.07) is 10.6. The Kier molecular flexibility index (Phi) is 5.61. The van der Waals surface area contributed by atoms with Crippen molar-refractivity contribution in [3.63, 3.8) is 0 Å². The number of nitrogens with one attached hydrogen (secondary N) is 1. The van der Waals surface area contributed by atoms with Crippen LogP contribution in [0.4, 0.5) is 5.82 Å². The molecule has 2 aromatic rings. The quantitative estimate of drug-likeness (QED) is 0.788. The van der Waals surface area contributed by atoms with Gasteiger partial charge in [-0.3, -0.25) is 9.59 Å². The van der Waals surface area contributed by atoms with Crippen molar-refractivity contribution in [3.05, 3.63) is 59.3 Å². The lowest BCUT2D eigenvalue weighted by Crippen LogP contribution is -2.33. The monoisotopic (exact) mass is 367 g/mol. The number of benzene rings is 1. The van der Waals surface area contributed by atoms with Crippen LogP contribution in [0.3, 0.4) is 0 Å². The highest BCUT2D eigenvalue weighted by Gasteiger charge is 2.25. The van der Waals surface area contributed by atoms with Crippen molar-refractivity contribution in [1.82, 2.24) is 9.88 Å². The summed E-state index contributed by atoms with van der Waals surface area (Å²) in [7, 11) is 2.04. The number of ketones is 1. The van der Waals surface area contributed by atoms with Gasteiger partial charge in [-0.2, -0.15) is 0 Å². The average Bonchev–Trinajstić information content (AvgIpc) is 2.68. The van der Waals surface area contributed by atoms with Gasteiger partial charge >= 0.3 is 5.97 Å². The molecule has 7 nitrogen and oxygen atoms in total. The summed E-state index contributed by atoms with van der Waals surface area (Å²) in [4.78, 5) is 42.4. The van der Waals surface area contributed by atoms with Gasteiger partial charge in [-0.05, 0) is 69.4 Å². The molecule has 0 unspecified atom stereocenters. The summed E-state index contributed by atoms with van der Waals surface area (Å²) in [6.07, 6.45) is 1.62. The molecule has 7 heteroatoms. The standard InChI is InChI=1S/C20H21N3O4/c1-23-11-9-13(10-12-23)18(24)16-3-2-4-17(21-16)22-19(25)14-5-7-15(8-6-14)20(26)27/h2-8,13H,9-12H2,1H3,(H,26,27)(H,21,22,25). The predicted octanol–water partition coefficient (Wildman–Crippen LogP) is 2.56. The molecule has 0 bridgehead atoms. The van der Waals surface area contributed by atoms with Crippen LogP contribution < -0.4 is 5.32 Å². The number of aromatic carboxylic acids is 1. The zero-order valence-electron chi connectivity index (χ0n) is 15.0. The number of anilines is 1. The number of hydrogen-bond acceptors (Lipinski definition) is 5. The molecule has 3 rings (SSSR count). The molecule has 140 valence electrons. The minimum absolute atomic E-state index is 0.00464. The lowest BCUT2D eigenvalue weighted by molar-refractivity contribution is 0.0696. The van der Waals surface area contributed by atoms with Gasteiger partial charge in [-0.1, -0.05) is 6.07 Å². The smallest absolute Gasteiger partial charge is 0.335 e. The Morgan fingerprint density at radius 2 is 1.67 bits per heavy atom. The van der Waals surface area contributed by atoms with Crippen LogP contribution in [0, 0.1) is 5.92 Å². The van der Waals surface area contributed by atoms with Crippen LogP contribution in [0.15, 0.2) is 42.5 Å². The molecule has 0 aliphatic carbocycles. The summed E-state index contributed by atoms with van der Waals surface area (Å²) < 4.78 is 0. The van der Waals surface area contributed by atoms with E-state index >= 15 is 0 Å². The number of hydrogen-bond donors (Lipinski definition) is 2. The van der Waals surface area contributed by atoms with Gasteiger partial charge in [0.15, 0.2) is 5.78 Å². The van der Waals surface area contributed by atoms with Gasteiger partial charge in [0.05, 0.1) is 5.56 Å². The molecule has 1 amide bonds. The minimum Gasteiger partial charge on any atom is -0.478 e. The second kappa shape index (κ2) is 8.09. The second-order valence-corrected chi connectivity index (χ2v) is 6.69. The lowest BCUT2D eigenvalue weighted by Gasteiger charge is -2.27. The molecule has 1 aliphatic rings. The average molecular weight is 367 g/mol. The van der Waals surface area contributed by atoms with E-state index in [1.807, 2.05) is 7.05 Å². The van der Waals surface area contributed by atoms with Gasteiger partial charge in [-0.15, -0.1) is 0 Å². The summed E-state index contributed by atoms with van der Waals surface area (Å²) in [5.74, 6) is -1.21. The molecule has 1 saturated heterocycles. The van der Waals surface area contributed by atoms with E-state index in [0.29, 0.717) is 17.1 Å². The summed E-state index contributed by atoms with van der Waals surface area (Å²) in [5, 5.41) is 11.6. The Morgan fingerprint density at radius 3 is 2.30 bits per heavy atom. The maximum Gasteiger partial charge on any atom is 0.335 e. The Hall–Kier alpha value is -3.06. The number of rotatable bonds is 5. The fourth-order valence-corrected chi connectivity index (χ4v) is 3.07. The van der Waals surface area contributed by atoms with Crippen LogP contribution >= 0.6 is 0 Å². The molecule has 1 fully saturated rings. The van der Waals surface area contributed by atoms with E-state index in [9.17, 15) is 14.4 Å². The van der Waals surface area contributed by atoms with Gasteiger partial charge in [0, 0.05) is 11.5 Å². The molecular formula is C20H21N3O4. The zero-order chi connectivity index (χ0) is 19.4. The van der Waals surface area contributed by atoms with E-state index in [1.165, 1.54) is 24.3 Å². The fourth-order valence-electron chi connectivity index (χ4n) is 3.07. The maximum atomic E-state index is 12.7. The molecule has 2 heterocycles. The molecule has 27 heavy (non-hydrogen) atoms. The molecule has 1 aromatic carbocycles. The molecular weight excluding hydrogens is 346 g/mol. The first-order valence-corrected chi connectivity index (χ1v) is 8.78. The maximum absolute atomic E-state index is 12.7. The van der Waals surface area contributed by atoms with Gasteiger partial charge < -0.3 is 15.3 Å². The van der Waals surface area contributed by atoms with Crippen molar-refractivity contribution < 1.29 is 19.5 Å². The van der Waals surface area contributed by atoms with Crippen molar-refractivity contribution in [1.29, 1.82) is 0 Å². The number of aromatic nitrogens is 1. The molecule has 0 atom stereocenters. The van der Waals surface area contributed by atoms with Crippen molar-refractivity contribution in [3.8, 4) is 0 Å². The number of carboxylic acids is 1. The second-order valence-electron chi connectivity index (χ2n) is 6.69. The highest BCUT2D eigenvalue weighted by molar-refractivity contribution is 6.04. The first-order chi connectivity index (χ1) is 12.9. The largest absolute Gasteiger partial charge is 0.478 e. The third-order valence-electron chi connectivity index (χ3n) is 4.73.